The lowest BCUT2D eigenvalue weighted by Gasteiger charge is -2.31. The predicted molar refractivity (Wildman–Crippen MR) is 148 cm³/mol. The van der Waals surface area contributed by atoms with Crippen molar-refractivity contribution in [3.63, 3.8) is 0 Å². The number of aliphatic hydroxyl groups excluding tert-OH is 1. The summed E-state index contributed by atoms with van der Waals surface area (Å²) in [6.07, 6.45) is -2.16. The van der Waals surface area contributed by atoms with E-state index >= 15 is 0 Å². The molecule has 0 aliphatic carbocycles. The number of nitrogens with two attached hydrogens (primary N) is 1. The molecule has 6 atom stereocenters. The molecule has 15 nitrogen and oxygen atoms in total. The van der Waals surface area contributed by atoms with E-state index in [1.54, 1.807) is 42.5 Å². The fraction of sp³-hybridized carbons (Fsp3) is 0.346. The number of rotatable bonds is 15. The van der Waals surface area contributed by atoms with Crippen LogP contribution >= 0.6 is 7.75 Å². The van der Waals surface area contributed by atoms with Gasteiger partial charge in [0.2, 0.25) is 12.3 Å². The number of nitrogens with one attached hydrogen (secondary N) is 1. The van der Waals surface area contributed by atoms with Crippen LogP contribution in [0.2, 0.25) is 0 Å². The standard InChI is InChI=1S/C26H31N6O9P/c1-18(24(36)38-15-19-9-5-3-6-10-19)29-42(37,41-20-11-7-4-8-12-20)39-16-21-23(35)26(2,30-31-28)25(40-21)32(17-33)14-13-22(27)34/h3-14,17-18,21,23,25,35H,15-16H2,1-2H3,(H2,27,34)(H,29,37)/b14-13-/t18-,21+,23+,25+,26+,42?/m0/s1. The third-order valence-corrected chi connectivity index (χ3v) is 7.77. The van der Waals surface area contributed by atoms with Gasteiger partial charge in [-0.1, -0.05) is 53.6 Å². The van der Waals surface area contributed by atoms with Crippen LogP contribution in [0, 0.1) is 0 Å². The number of aliphatic hydroxyl groups is 1. The highest BCUT2D eigenvalue weighted by molar-refractivity contribution is 7.52. The van der Waals surface area contributed by atoms with Gasteiger partial charge in [0.15, 0.2) is 0 Å². The molecule has 2 amide bonds. The number of amides is 2. The minimum absolute atomic E-state index is 0.0185. The SMILES string of the molecule is C[C@H](NP(=O)(OC[C@H]1O[C@@H](N(C=O)/C=C\C(N)=O)[C@](C)(N=[N+]=[N-])[C@@H]1O)Oc1ccccc1)C(=O)OCc1ccccc1. The molecule has 0 saturated carbocycles. The van der Waals surface area contributed by atoms with E-state index in [1.807, 2.05) is 6.07 Å². The Bertz CT molecular complexity index is 1360. The van der Waals surface area contributed by atoms with E-state index in [0.29, 0.717) is 0 Å². The largest absolute Gasteiger partial charge is 0.460 e. The van der Waals surface area contributed by atoms with E-state index in [9.17, 15) is 24.1 Å². The highest BCUT2D eigenvalue weighted by Gasteiger charge is 2.55. The molecule has 16 heteroatoms. The minimum Gasteiger partial charge on any atom is -0.460 e. The van der Waals surface area contributed by atoms with Crippen LogP contribution in [0.15, 0.2) is 78.1 Å². The molecular formula is C26H31N6O9P. The molecule has 0 bridgehead atoms. The lowest BCUT2D eigenvalue weighted by molar-refractivity contribution is -0.146. The van der Waals surface area contributed by atoms with Gasteiger partial charge in [-0.05, 0) is 37.1 Å². The van der Waals surface area contributed by atoms with E-state index in [0.717, 1.165) is 22.7 Å². The molecule has 4 N–H and O–H groups in total. The molecule has 1 heterocycles. The van der Waals surface area contributed by atoms with Crippen molar-refractivity contribution in [1.82, 2.24) is 9.99 Å². The second kappa shape index (κ2) is 14.6. The Morgan fingerprint density at radius 3 is 2.50 bits per heavy atom. The van der Waals surface area contributed by atoms with Crippen LogP contribution in [0.4, 0.5) is 0 Å². The van der Waals surface area contributed by atoms with Crippen LogP contribution in [0.3, 0.4) is 0 Å². The number of benzene rings is 2. The van der Waals surface area contributed by atoms with Crippen LogP contribution in [0.5, 0.6) is 5.75 Å². The van der Waals surface area contributed by atoms with Crippen LogP contribution in [-0.2, 0) is 39.6 Å². The molecule has 42 heavy (non-hydrogen) atoms. The number of azide groups is 1. The van der Waals surface area contributed by atoms with Crippen molar-refractivity contribution in [2.75, 3.05) is 6.61 Å². The quantitative estimate of drug-likeness (QED) is 0.0515. The Balaban J connectivity index is 1.78. The second-order valence-electron chi connectivity index (χ2n) is 9.30. The van der Waals surface area contributed by atoms with Crippen molar-refractivity contribution in [3.8, 4) is 5.75 Å². The van der Waals surface area contributed by atoms with Gasteiger partial charge in [0.25, 0.3) is 0 Å². The van der Waals surface area contributed by atoms with Crippen molar-refractivity contribution in [3.05, 3.63) is 88.9 Å². The first-order valence-corrected chi connectivity index (χ1v) is 14.1. The second-order valence-corrected chi connectivity index (χ2v) is 11.0. The molecule has 1 fully saturated rings. The average molecular weight is 603 g/mol. The van der Waals surface area contributed by atoms with Crippen LogP contribution in [0.25, 0.3) is 10.4 Å². The third kappa shape index (κ3) is 8.40. The molecule has 2 aromatic carbocycles. The van der Waals surface area contributed by atoms with Gasteiger partial charge in [0, 0.05) is 17.2 Å². The maximum Gasteiger partial charge on any atom is 0.459 e. The normalized spacial score (nSPS) is 23.7. The van der Waals surface area contributed by atoms with Crippen LogP contribution in [0.1, 0.15) is 19.4 Å². The summed E-state index contributed by atoms with van der Waals surface area (Å²) in [7, 11) is -4.36. The van der Waals surface area contributed by atoms with E-state index in [4.69, 9.17) is 29.8 Å². The number of esters is 1. The number of hydrogen-bond acceptors (Lipinski definition) is 10. The molecule has 0 radical (unpaired) electrons. The summed E-state index contributed by atoms with van der Waals surface area (Å²) in [5.74, 6) is -1.46. The van der Waals surface area contributed by atoms with Crippen LogP contribution < -0.4 is 15.3 Å². The van der Waals surface area contributed by atoms with E-state index < -0.39 is 56.2 Å². The number of carbonyl (C=O) groups is 3. The van der Waals surface area contributed by atoms with Gasteiger partial charge in [-0.2, -0.15) is 5.09 Å². The smallest absolute Gasteiger partial charge is 0.459 e. The topological polar surface area (TPSA) is 215 Å². The predicted octanol–water partition coefficient (Wildman–Crippen LogP) is 2.52. The zero-order valence-corrected chi connectivity index (χ0v) is 23.7. The maximum atomic E-state index is 13.9. The van der Waals surface area contributed by atoms with Crippen molar-refractivity contribution < 1.29 is 42.6 Å². The van der Waals surface area contributed by atoms with E-state index in [-0.39, 0.29) is 18.8 Å². The van der Waals surface area contributed by atoms with Gasteiger partial charge < -0.3 is 24.8 Å². The first kappa shape index (κ1) is 32.3. The average Bonchev–Trinajstić information content (AvgIpc) is 3.21. The zero-order chi connectivity index (χ0) is 30.8. The number of nitrogens with zero attached hydrogens (tertiary/aromatic N) is 4. The molecular weight excluding hydrogens is 571 g/mol. The third-order valence-electron chi connectivity index (χ3n) is 6.13. The molecule has 1 aliphatic heterocycles. The summed E-state index contributed by atoms with van der Waals surface area (Å²) >= 11 is 0. The summed E-state index contributed by atoms with van der Waals surface area (Å²) in [6.45, 7) is 2.10. The van der Waals surface area contributed by atoms with Gasteiger partial charge in [0.1, 0.15) is 36.3 Å². The Morgan fingerprint density at radius 2 is 1.90 bits per heavy atom. The maximum absolute atomic E-state index is 13.9. The number of hydrogen-bond donors (Lipinski definition) is 3. The first-order valence-electron chi connectivity index (χ1n) is 12.6. The minimum atomic E-state index is -4.36. The Morgan fingerprint density at radius 1 is 1.26 bits per heavy atom. The van der Waals surface area contributed by atoms with Gasteiger partial charge >= 0.3 is 13.7 Å². The molecule has 1 unspecified atom stereocenters. The Kier molecular flexibility index (Phi) is 11.2. The highest BCUT2D eigenvalue weighted by atomic mass is 31.2. The number of para-hydroxylation sites is 1. The first-order chi connectivity index (χ1) is 20.0. The number of carbonyl (C=O) groups excluding carboxylic acids is 3. The monoisotopic (exact) mass is 602 g/mol. The molecule has 0 spiro atoms. The molecule has 1 saturated heterocycles. The molecule has 224 valence electrons. The summed E-state index contributed by atoms with van der Waals surface area (Å²) in [6, 6.07) is 15.8. The number of ether oxygens (including phenoxy) is 2. The van der Waals surface area contributed by atoms with Crippen LogP contribution in [-0.4, -0.2) is 64.9 Å². The molecule has 2 aromatic rings. The van der Waals surface area contributed by atoms with Crippen molar-refractivity contribution in [2.45, 2.75) is 50.5 Å². The van der Waals surface area contributed by atoms with Gasteiger partial charge in [-0.25, -0.2) is 4.57 Å². The van der Waals surface area contributed by atoms with Crippen molar-refractivity contribution in [1.29, 1.82) is 0 Å². The highest BCUT2D eigenvalue weighted by Crippen LogP contribution is 2.46. The van der Waals surface area contributed by atoms with Gasteiger partial charge in [-0.15, -0.1) is 0 Å². The van der Waals surface area contributed by atoms with E-state index in [1.165, 1.54) is 26.0 Å². The fourth-order valence-electron chi connectivity index (χ4n) is 3.96. The lowest BCUT2D eigenvalue weighted by atomic mass is 9.93. The molecule has 0 aromatic heterocycles. The van der Waals surface area contributed by atoms with Gasteiger partial charge in [0.05, 0.1) is 12.7 Å². The number of primary amides is 1. The Hall–Kier alpha value is -4.23. The van der Waals surface area contributed by atoms with Gasteiger partial charge in [-0.3, -0.25) is 23.8 Å². The molecule has 1 aliphatic rings. The summed E-state index contributed by atoms with van der Waals surface area (Å²) in [5.41, 5.74) is 13.2. The van der Waals surface area contributed by atoms with Crippen molar-refractivity contribution in [2.24, 2.45) is 10.8 Å². The zero-order valence-electron chi connectivity index (χ0n) is 22.8. The van der Waals surface area contributed by atoms with Crippen molar-refractivity contribution >= 4 is 26.0 Å². The summed E-state index contributed by atoms with van der Waals surface area (Å²) in [5, 5.41) is 17.2. The Labute approximate surface area is 241 Å². The summed E-state index contributed by atoms with van der Waals surface area (Å²) in [4.78, 5) is 39.2. The summed E-state index contributed by atoms with van der Waals surface area (Å²) < 4.78 is 36.1. The lowest BCUT2D eigenvalue weighted by Crippen LogP contribution is -2.49. The van der Waals surface area contributed by atoms with E-state index in [2.05, 4.69) is 15.1 Å². The molecule has 3 rings (SSSR count). The fourth-order valence-corrected chi connectivity index (χ4v) is 5.46.